The first-order chi connectivity index (χ1) is 13.6. The maximum atomic E-state index is 13.6. The average molecular weight is 384 g/mol. The summed E-state index contributed by atoms with van der Waals surface area (Å²) in [6, 6.07) is 12.1. The lowest BCUT2D eigenvalue weighted by molar-refractivity contribution is 0.104. The van der Waals surface area contributed by atoms with Crippen LogP contribution in [0.15, 0.2) is 30.3 Å². The van der Waals surface area contributed by atoms with E-state index in [1.165, 1.54) is 44.2 Å². The Morgan fingerprint density at radius 1 is 0.929 bits per heavy atom. The first-order valence-electron chi connectivity index (χ1n) is 11.5. The van der Waals surface area contributed by atoms with Gasteiger partial charge in [-0.1, -0.05) is 63.4 Å². The van der Waals surface area contributed by atoms with Gasteiger partial charge in [-0.25, -0.2) is 4.79 Å². The number of piperidine rings is 1. The molecule has 154 valence electrons. The van der Waals surface area contributed by atoms with Crippen molar-refractivity contribution >= 4 is 6.03 Å². The quantitative estimate of drug-likeness (QED) is 0.722. The highest BCUT2D eigenvalue weighted by atomic mass is 16.2. The van der Waals surface area contributed by atoms with Crippen molar-refractivity contribution in [1.82, 2.24) is 14.7 Å². The number of carbonyl (C=O) groups is 1. The highest BCUT2D eigenvalue weighted by molar-refractivity contribution is 5.78. The Morgan fingerprint density at radius 2 is 1.61 bits per heavy atom. The highest BCUT2D eigenvalue weighted by Crippen LogP contribution is 2.37. The Hall–Kier alpha value is -1.55. The van der Waals surface area contributed by atoms with Gasteiger partial charge < -0.3 is 14.7 Å². The minimum atomic E-state index is 0.220. The van der Waals surface area contributed by atoms with E-state index < -0.39 is 0 Å². The smallest absolute Gasteiger partial charge is 0.319 e. The monoisotopic (exact) mass is 383 g/mol. The normalized spacial score (nSPS) is 25.8. The van der Waals surface area contributed by atoms with Gasteiger partial charge in [0, 0.05) is 38.3 Å². The van der Waals surface area contributed by atoms with Crippen LogP contribution in [-0.2, 0) is 0 Å². The molecule has 0 unspecified atom stereocenters. The molecule has 2 heterocycles. The van der Waals surface area contributed by atoms with Crippen molar-refractivity contribution in [1.29, 1.82) is 0 Å². The second kappa shape index (κ2) is 8.86. The van der Waals surface area contributed by atoms with Gasteiger partial charge in [0.05, 0.1) is 6.04 Å². The van der Waals surface area contributed by atoms with Gasteiger partial charge in [-0.15, -0.1) is 0 Å². The number of hydrogen-bond acceptors (Lipinski definition) is 2. The van der Waals surface area contributed by atoms with Crippen LogP contribution in [-0.4, -0.2) is 59.0 Å². The predicted molar refractivity (Wildman–Crippen MR) is 114 cm³/mol. The van der Waals surface area contributed by atoms with E-state index in [0.717, 1.165) is 32.5 Å². The molecule has 4 nitrogen and oxygen atoms in total. The Balaban J connectivity index is 1.51. The molecular weight excluding hydrogens is 346 g/mol. The van der Waals surface area contributed by atoms with E-state index in [-0.39, 0.29) is 6.04 Å². The predicted octanol–water partition coefficient (Wildman–Crippen LogP) is 4.92. The van der Waals surface area contributed by atoms with Gasteiger partial charge in [-0.2, -0.15) is 0 Å². The van der Waals surface area contributed by atoms with Crippen LogP contribution < -0.4 is 0 Å². The fourth-order valence-electron chi connectivity index (χ4n) is 5.58. The van der Waals surface area contributed by atoms with Crippen molar-refractivity contribution in [3.63, 3.8) is 0 Å². The van der Waals surface area contributed by atoms with E-state index in [0.29, 0.717) is 24.0 Å². The summed E-state index contributed by atoms with van der Waals surface area (Å²) < 4.78 is 0. The van der Waals surface area contributed by atoms with Crippen molar-refractivity contribution < 1.29 is 4.79 Å². The minimum Gasteiger partial charge on any atom is -0.319 e. The lowest BCUT2D eigenvalue weighted by atomic mass is 9.94. The van der Waals surface area contributed by atoms with Crippen molar-refractivity contribution in [2.24, 2.45) is 5.92 Å². The Kier molecular flexibility index (Phi) is 6.25. The molecule has 2 aliphatic heterocycles. The molecule has 1 saturated carbocycles. The first-order valence-corrected chi connectivity index (χ1v) is 11.5. The molecule has 3 fully saturated rings. The van der Waals surface area contributed by atoms with Crippen molar-refractivity contribution in [3.05, 3.63) is 35.9 Å². The van der Waals surface area contributed by atoms with Crippen LogP contribution >= 0.6 is 0 Å². The van der Waals surface area contributed by atoms with E-state index in [2.05, 4.69) is 58.9 Å². The summed E-state index contributed by atoms with van der Waals surface area (Å²) in [6.07, 6.45) is 8.48. The van der Waals surface area contributed by atoms with Crippen LogP contribution in [0, 0.1) is 5.92 Å². The fourth-order valence-corrected chi connectivity index (χ4v) is 5.58. The van der Waals surface area contributed by atoms with Crippen LogP contribution in [0.25, 0.3) is 0 Å². The number of urea groups is 1. The summed E-state index contributed by atoms with van der Waals surface area (Å²) in [5.74, 6) is 0.712. The van der Waals surface area contributed by atoms with E-state index in [9.17, 15) is 4.79 Å². The van der Waals surface area contributed by atoms with Crippen LogP contribution in [0.1, 0.15) is 70.4 Å². The third-order valence-corrected chi connectivity index (χ3v) is 6.95. The molecule has 0 N–H and O–H groups in total. The molecule has 28 heavy (non-hydrogen) atoms. The standard InChI is InChI=1S/C24H37N3O/c1-19(2)17-25-15-13-22(14-16-25)27-23(20-9-5-3-6-10-20)18-26(24(27)28)21-11-7-4-8-12-21/h3,5-6,9-10,19,21-23H,4,7-8,11-18H2,1-2H3/t23-/m0/s1. The topological polar surface area (TPSA) is 26.8 Å². The molecule has 0 aromatic heterocycles. The fraction of sp³-hybridized carbons (Fsp3) is 0.708. The van der Waals surface area contributed by atoms with Gasteiger partial charge >= 0.3 is 6.03 Å². The number of likely N-dealkylation sites (tertiary alicyclic amines) is 1. The zero-order valence-electron chi connectivity index (χ0n) is 17.7. The van der Waals surface area contributed by atoms with E-state index in [1.54, 1.807) is 0 Å². The lowest BCUT2D eigenvalue weighted by Crippen LogP contribution is -2.48. The van der Waals surface area contributed by atoms with E-state index >= 15 is 0 Å². The van der Waals surface area contributed by atoms with Crippen LogP contribution in [0.2, 0.25) is 0 Å². The Morgan fingerprint density at radius 3 is 2.25 bits per heavy atom. The number of benzene rings is 1. The van der Waals surface area contributed by atoms with Gasteiger partial charge in [0.1, 0.15) is 0 Å². The highest BCUT2D eigenvalue weighted by Gasteiger charge is 2.45. The zero-order chi connectivity index (χ0) is 19.5. The van der Waals surface area contributed by atoms with Crippen LogP contribution in [0.3, 0.4) is 0 Å². The number of hydrogen-bond donors (Lipinski definition) is 0. The molecule has 1 aliphatic carbocycles. The summed E-state index contributed by atoms with van der Waals surface area (Å²) in [4.78, 5) is 20.7. The number of amides is 2. The molecule has 2 amide bonds. The molecular formula is C24H37N3O. The molecule has 1 aromatic carbocycles. The summed E-state index contributed by atoms with van der Waals surface area (Å²) in [5.41, 5.74) is 1.30. The van der Waals surface area contributed by atoms with Crippen LogP contribution in [0.4, 0.5) is 4.79 Å². The zero-order valence-corrected chi connectivity index (χ0v) is 17.7. The molecule has 1 atom stereocenters. The first kappa shape index (κ1) is 19.8. The van der Waals surface area contributed by atoms with Gasteiger partial charge in [0.15, 0.2) is 0 Å². The molecule has 3 aliphatic rings. The van der Waals surface area contributed by atoms with Crippen LogP contribution in [0.5, 0.6) is 0 Å². The SMILES string of the molecule is CC(C)CN1CCC(N2C(=O)N(C3CCCCC3)C[C@H]2c2ccccc2)CC1. The molecule has 0 bridgehead atoms. The average Bonchev–Trinajstić information content (AvgIpc) is 3.07. The third kappa shape index (κ3) is 4.22. The van der Waals surface area contributed by atoms with Gasteiger partial charge in [-0.05, 0) is 37.2 Å². The molecule has 0 spiro atoms. The largest absolute Gasteiger partial charge is 0.321 e. The second-order valence-corrected chi connectivity index (χ2v) is 9.49. The summed E-state index contributed by atoms with van der Waals surface area (Å²) in [6.45, 7) is 8.89. The van der Waals surface area contributed by atoms with Crippen molar-refractivity contribution in [3.8, 4) is 0 Å². The third-order valence-electron chi connectivity index (χ3n) is 6.95. The molecule has 1 aromatic rings. The Labute approximate surface area is 170 Å². The summed E-state index contributed by atoms with van der Waals surface area (Å²) in [7, 11) is 0. The number of carbonyl (C=O) groups excluding carboxylic acids is 1. The lowest BCUT2D eigenvalue weighted by Gasteiger charge is -2.39. The van der Waals surface area contributed by atoms with Gasteiger partial charge in [-0.3, -0.25) is 0 Å². The summed E-state index contributed by atoms with van der Waals surface area (Å²) in [5, 5.41) is 0. The van der Waals surface area contributed by atoms with Crippen molar-refractivity contribution in [2.75, 3.05) is 26.2 Å². The minimum absolute atomic E-state index is 0.220. The Bertz CT molecular complexity index is 633. The molecule has 4 rings (SSSR count). The van der Waals surface area contributed by atoms with E-state index in [1.807, 2.05) is 0 Å². The van der Waals surface area contributed by atoms with E-state index in [4.69, 9.17) is 0 Å². The molecule has 4 heteroatoms. The number of nitrogens with zero attached hydrogens (tertiary/aromatic N) is 3. The van der Waals surface area contributed by atoms with Gasteiger partial charge in [0.25, 0.3) is 0 Å². The maximum Gasteiger partial charge on any atom is 0.321 e. The van der Waals surface area contributed by atoms with Crippen molar-refractivity contribution in [2.45, 2.75) is 76.9 Å². The molecule has 2 saturated heterocycles. The maximum absolute atomic E-state index is 13.6. The summed E-state index contributed by atoms with van der Waals surface area (Å²) >= 11 is 0. The number of rotatable bonds is 5. The molecule has 0 radical (unpaired) electrons. The second-order valence-electron chi connectivity index (χ2n) is 9.49. The van der Waals surface area contributed by atoms with Gasteiger partial charge in [0.2, 0.25) is 0 Å².